The number of hydrogen-bond donors (Lipinski definition) is 1. The molecule has 2 aromatic carbocycles. The predicted octanol–water partition coefficient (Wildman–Crippen LogP) is 3.82. The van der Waals surface area contributed by atoms with Crippen molar-refractivity contribution in [3.63, 3.8) is 0 Å². The van der Waals surface area contributed by atoms with E-state index in [0.29, 0.717) is 5.56 Å². The van der Waals surface area contributed by atoms with Crippen LogP contribution in [0.15, 0.2) is 47.4 Å². The number of nitrogens with one attached hydrogen (secondary N) is 1. The van der Waals surface area contributed by atoms with E-state index in [0.717, 1.165) is 21.7 Å². The van der Waals surface area contributed by atoms with Crippen LogP contribution in [0.25, 0.3) is 0 Å². The largest absolute Gasteiger partial charge is 0.465 e. The van der Waals surface area contributed by atoms with Crippen molar-refractivity contribution >= 4 is 29.3 Å². The van der Waals surface area contributed by atoms with Crippen molar-refractivity contribution in [2.24, 2.45) is 0 Å². The van der Waals surface area contributed by atoms with Gasteiger partial charge in [0.25, 0.3) is 0 Å². The lowest BCUT2D eigenvalue weighted by atomic mass is 10.1. The van der Waals surface area contributed by atoms with E-state index < -0.39 is 5.97 Å². The summed E-state index contributed by atoms with van der Waals surface area (Å²) in [6.45, 7) is 3.97. The summed E-state index contributed by atoms with van der Waals surface area (Å²) in [5.41, 5.74) is 3.46. The average molecular weight is 329 g/mol. The molecule has 0 aliphatic carbocycles. The summed E-state index contributed by atoms with van der Waals surface area (Å²) in [5, 5.41) is 2.89. The Balaban J connectivity index is 2.01. The summed E-state index contributed by atoms with van der Waals surface area (Å²) < 4.78 is 4.75. The second-order valence-corrected chi connectivity index (χ2v) is 6.16. The zero-order valence-corrected chi connectivity index (χ0v) is 14.2. The van der Waals surface area contributed by atoms with Crippen LogP contribution in [0.2, 0.25) is 0 Å². The van der Waals surface area contributed by atoms with Gasteiger partial charge in [-0.3, -0.25) is 4.79 Å². The number of rotatable bonds is 5. The molecule has 2 aromatic rings. The maximum Gasteiger partial charge on any atom is 0.338 e. The summed E-state index contributed by atoms with van der Waals surface area (Å²) in [5.74, 6) is -0.286. The first-order valence-corrected chi connectivity index (χ1v) is 8.17. The minimum atomic E-state index is -0.400. The van der Waals surface area contributed by atoms with Gasteiger partial charge in [-0.05, 0) is 37.6 Å². The van der Waals surface area contributed by atoms with Crippen LogP contribution < -0.4 is 5.32 Å². The highest BCUT2D eigenvalue weighted by atomic mass is 32.2. The molecule has 0 unspecified atom stereocenters. The lowest BCUT2D eigenvalue weighted by Gasteiger charge is -2.10. The first-order valence-electron chi connectivity index (χ1n) is 7.18. The van der Waals surface area contributed by atoms with Gasteiger partial charge in [0, 0.05) is 10.6 Å². The van der Waals surface area contributed by atoms with E-state index in [4.69, 9.17) is 4.74 Å². The number of amides is 1. The molecule has 1 amide bonds. The molecule has 2 rings (SSSR count). The molecule has 0 heterocycles. The standard InChI is InChI=1S/C18H19NO3S/c1-12-8-9-15(13(2)10-12)19-17(20)11-23-16-7-5-4-6-14(16)18(21)22-3/h4-10H,11H2,1-3H3,(H,19,20). The van der Waals surface area contributed by atoms with E-state index in [1.165, 1.54) is 18.9 Å². The highest BCUT2D eigenvalue weighted by Gasteiger charge is 2.13. The first kappa shape index (κ1) is 17.1. The van der Waals surface area contributed by atoms with Gasteiger partial charge in [0.1, 0.15) is 0 Å². The van der Waals surface area contributed by atoms with Crippen molar-refractivity contribution in [2.45, 2.75) is 18.7 Å². The number of carbonyl (C=O) groups is 2. The van der Waals surface area contributed by atoms with Crippen LogP contribution >= 0.6 is 11.8 Å². The highest BCUT2D eigenvalue weighted by Crippen LogP contribution is 2.24. The van der Waals surface area contributed by atoms with Crippen molar-refractivity contribution in [3.05, 3.63) is 59.2 Å². The van der Waals surface area contributed by atoms with Crippen LogP contribution in [-0.2, 0) is 9.53 Å². The topological polar surface area (TPSA) is 55.4 Å². The monoisotopic (exact) mass is 329 g/mol. The average Bonchev–Trinajstić information content (AvgIpc) is 2.55. The third-order valence-corrected chi connectivity index (χ3v) is 4.38. The Morgan fingerprint density at radius 2 is 1.87 bits per heavy atom. The van der Waals surface area contributed by atoms with Gasteiger partial charge in [-0.2, -0.15) is 0 Å². The van der Waals surface area contributed by atoms with Crippen LogP contribution in [0.4, 0.5) is 5.69 Å². The Morgan fingerprint density at radius 3 is 2.57 bits per heavy atom. The fraction of sp³-hybridized carbons (Fsp3) is 0.222. The lowest BCUT2D eigenvalue weighted by Crippen LogP contribution is -2.15. The molecular weight excluding hydrogens is 310 g/mol. The normalized spacial score (nSPS) is 10.2. The molecule has 0 aromatic heterocycles. The molecule has 5 heteroatoms. The molecule has 0 fully saturated rings. The quantitative estimate of drug-likeness (QED) is 0.669. The molecule has 0 aliphatic rings. The zero-order chi connectivity index (χ0) is 16.8. The fourth-order valence-corrected chi connectivity index (χ4v) is 2.99. The van der Waals surface area contributed by atoms with E-state index in [9.17, 15) is 9.59 Å². The highest BCUT2D eigenvalue weighted by molar-refractivity contribution is 8.00. The number of aryl methyl sites for hydroxylation is 2. The van der Waals surface area contributed by atoms with Gasteiger partial charge in [0.15, 0.2) is 0 Å². The first-order chi connectivity index (χ1) is 11.0. The molecule has 23 heavy (non-hydrogen) atoms. The Labute approximate surface area is 140 Å². The smallest absolute Gasteiger partial charge is 0.338 e. The van der Waals surface area contributed by atoms with Crippen LogP contribution in [0, 0.1) is 13.8 Å². The minimum Gasteiger partial charge on any atom is -0.465 e. The number of methoxy groups -OCH3 is 1. The van der Waals surface area contributed by atoms with Crippen LogP contribution in [0.1, 0.15) is 21.5 Å². The van der Waals surface area contributed by atoms with Crippen molar-refractivity contribution in [1.29, 1.82) is 0 Å². The van der Waals surface area contributed by atoms with Crippen molar-refractivity contribution in [2.75, 3.05) is 18.2 Å². The minimum absolute atomic E-state index is 0.110. The second kappa shape index (κ2) is 7.83. The van der Waals surface area contributed by atoms with Crippen LogP contribution in [0.5, 0.6) is 0 Å². The summed E-state index contributed by atoms with van der Waals surface area (Å²) in [6.07, 6.45) is 0. The van der Waals surface area contributed by atoms with Gasteiger partial charge in [-0.25, -0.2) is 4.79 Å². The Bertz CT molecular complexity index is 728. The van der Waals surface area contributed by atoms with Gasteiger partial charge in [-0.15, -0.1) is 11.8 Å². The van der Waals surface area contributed by atoms with Gasteiger partial charge < -0.3 is 10.1 Å². The second-order valence-electron chi connectivity index (χ2n) is 5.14. The number of thioether (sulfide) groups is 1. The van der Waals surface area contributed by atoms with Crippen molar-refractivity contribution in [3.8, 4) is 0 Å². The lowest BCUT2D eigenvalue weighted by molar-refractivity contribution is -0.113. The number of esters is 1. The van der Waals surface area contributed by atoms with Crippen molar-refractivity contribution < 1.29 is 14.3 Å². The summed E-state index contributed by atoms with van der Waals surface area (Å²) in [4.78, 5) is 24.6. The molecule has 0 atom stereocenters. The van der Waals surface area contributed by atoms with E-state index in [1.807, 2.05) is 38.1 Å². The third-order valence-electron chi connectivity index (χ3n) is 3.31. The summed E-state index contributed by atoms with van der Waals surface area (Å²) in [7, 11) is 1.34. The van der Waals surface area contributed by atoms with E-state index in [-0.39, 0.29) is 11.7 Å². The Kier molecular flexibility index (Phi) is 5.82. The molecular formula is C18H19NO3S. The van der Waals surface area contributed by atoms with Crippen LogP contribution in [-0.4, -0.2) is 24.7 Å². The number of anilines is 1. The summed E-state index contributed by atoms with van der Waals surface area (Å²) in [6, 6.07) is 13.0. The zero-order valence-electron chi connectivity index (χ0n) is 13.4. The Hall–Kier alpha value is -2.27. The van der Waals surface area contributed by atoms with Crippen LogP contribution in [0.3, 0.4) is 0 Å². The molecule has 1 N–H and O–H groups in total. The van der Waals surface area contributed by atoms with E-state index >= 15 is 0 Å². The molecule has 0 bridgehead atoms. The van der Waals surface area contributed by atoms with Gasteiger partial charge in [0.05, 0.1) is 18.4 Å². The predicted molar refractivity (Wildman–Crippen MR) is 93.1 cm³/mol. The van der Waals surface area contributed by atoms with Gasteiger partial charge >= 0.3 is 5.97 Å². The molecule has 0 saturated carbocycles. The SMILES string of the molecule is COC(=O)c1ccccc1SCC(=O)Nc1ccc(C)cc1C. The molecule has 0 radical (unpaired) electrons. The third kappa shape index (κ3) is 4.60. The number of hydrogen-bond acceptors (Lipinski definition) is 4. The van der Waals surface area contributed by atoms with Gasteiger partial charge in [-0.1, -0.05) is 29.8 Å². The number of benzene rings is 2. The maximum atomic E-state index is 12.1. The molecule has 120 valence electrons. The molecule has 0 saturated heterocycles. The fourth-order valence-electron chi connectivity index (χ4n) is 2.15. The summed E-state index contributed by atoms with van der Waals surface area (Å²) >= 11 is 1.31. The number of carbonyl (C=O) groups excluding carboxylic acids is 2. The molecule has 0 spiro atoms. The molecule has 4 nitrogen and oxygen atoms in total. The van der Waals surface area contributed by atoms with E-state index in [1.54, 1.807) is 18.2 Å². The van der Waals surface area contributed by atoms with Crippen molar-refractivity contribution in [1.82, 2.24) is 0 Å². The number of ether oxygens (including phenoxy) is 1. The Morgan fingerprint density at radius 1 is 1.13 bits per heavy atom. The van der Waals surface area contributed by atoms with Gasteiger partial charge in [0.2, 0.25) is 5.91 Å². The van der Waals surface area contributed by atoms with E-state index in [2.05, 4.69) is 5.32 Å². The molecule has 0 aliphatic heterocycles. The maximum absolute atomic E-state index is 12.1.